The second kappa shape index (κ2) is 4.92. The highest BCUT2D eigenvalue weighted by atomic mass is 16.4. The average Bonchev–Trinajstić information content (AvgIpc) is 3.12. The fraction of sp³-hybridized carbons (Fsp3) is 0. The third-order valence-corrected chi connectivity index (χ3v) is 2.83. The third-order valence-electron chi connectivity index (χ3n) is 2.83. The molecule has 0 fully saturated rings. The Balaban J connectivity index is 1.92. The number of aromatic nitrogens is 5. The van der Waals surface area contributed by atoms with Crippen LogP contribution in [0.1, 0.15) is 15.9 Å². The van der Waals surface area contributed by atoms with Gasteiger partial charge in [0.1, 0.15) is 5.82 Å². The van der Waals surface area contributed by atoms with Crippen molar-refractivity contribution in [1.29, 1.82) is 0 Å². The molecule has 5 N–H and O–H groups in total. The Morgan fingerprint density at radius 3 is 3.05 bits per heavy atom. The zero-order chi connectivity index (χ0) is 14.8. The van der Waals surface area contributed by atoms with E-state index in [-0.39, 0.29) is 17.2 Å². The number of H-pyrrole nitrogens is 1. The average molecular weight is 286 g/mol. The first-order chi connectivity index (χ1) is 10.2. The van der Waals surface area contributed by atoms with E-state index in [0.717, 1.165) is 0 Å². The zero-order valence-corrected chi connectivity index (χ0v) is 10.6. The van der Waals surface area contributed by atoms with Gasteiger partial charge in [-0.1, -0.05) is 5.16 Å². The monoisotopic (exact) mass is 286 g/mol. The molecule has 0 unspecified atom stereocenters. The van der Waals surface area contributed by atoms with Crippen LogP contribution < -0.4 is 11.1 Å². The molecule has 0 saturated carbocycles. The number of nitrogens with two attached hydrogens (primary N) is 1. The van der Waals surface area contributed by atoms with Crippen LogP contribution in [0.5, 0.6) is 0 Å². The third kappa shape index (κ3) is 2.14. The molecule has 3 aromatic heterocycles. The molecule has 0 aromatic carbocycles. The first-order valence-electron chi connectivity index (χ1n) is 5.80. The summed E-state index contributed by atoms with van der Waals surface area (Å²) < 4.78 is 1.53. The van der Waals surface area contributed by atoms with Crippen molar-refractivity contribution in [2.75, 3.05) is 5.32 Å². The number of nitrogens with one attached hydrogen (secondary N) is 2. The normalized spacial score (nSPS) is 11.7. The van der Waals surface area contributed by atoms with Crippen molar-refractivity contribution < 1.29 is 10.0 Å². The number of carbonyl (C=O) groups excluding carboxylic acids is 1. The minimum atomic E-state index is -0.422. The first-order valence-corrected chi connectivity index (χ1v) is 5.80. The van der Waals surface area contributed by atoms with Crippen LogP contribution in [0.4, 0.5) is 5.82 Å². The number of rotatable bonds is 3. The van der Waals surface area contributed by atoms with Gasteiger partial charge in [-0.05, 0) is 0 Å². The standard InChI is InChI=1S/C11H10N8O2/c12-9(18-21)7-3-14-17-10(7)16-11(20)6-4-15-19-2-1-13-5-8(6)19/h1-5,21H,(H2,12,18)(H2,14,16,17,20). The Bertz CT molecular complexity index is 833. The highest BCUT2D eigenvalue weighted by Crippen LogP contribution is 2.14. The Labute approximate surface area is 117 Å². The van der Waals surface area contributed by atoms with Crippen LogP contribution in [0.2, 0.25) is 0 Å². The van der Waals surface area contributed by atoms with Crippen LogP contribution in [0.25, 0.3) is 5.52 Å². The maximum Gasteiger partial charge on any atom is 0.260 e. The molecule has 0 aliphatic heterocycles. The molecule has 3 rings (SSSR count). The number of hydrogen-bond acceptors (Lipinski definition) is 6. The molecule has 0 spiro atoms. The molecular weight excluding hydrogens is 276 g/mol. The van der Waals surface area contributed by atoms with Gasteiger partial charge in [0.15, 0.2) is 5.84 Å². The second-order valence-corrected chi connectivity index (χ2v) is 4.06. The van der Waals surface area contributed by atoms with Crippen molar-refractivity contribution in [3.8, 4) is 0 Å². The number of hydrogen-bond donors (Lipinski definition) is 4. The smallest absolute Gasteiger partial charge is 0.260 e. The predicted molar refractivity (Wildman–Crippen MR) is 72.0 cm³/mol. The van der Waals surface area contributed by atoms with E-state index < -0.39 is 5.91 Å². The fourth-order valence-corrected chi connectivity index (χ4v) is 1.82. The summed E-state index contributed by atoms with van der Waals surface area (Å²) in [6.07, 6.45) is 7.48. The Morgan fingerprint density at radius 1 is 1.38 bits per heavy atom. The Kier molecular flexibility index (Phi) is 2.95. The molecule has 10 nitrogen and oxygen atoms in total. The van der Waals surface area contributed by atoms with Crippen LogP contribution in [0, 0.1) is 0 Å². The van der Waals surface area contributed by atoms with Gasteiger partial charge in [-0.25, -0.2) is 4.52 Å². The van der Waals surface area contributed by atoms with Crippen molar-refractivity contribution in [2.45, 2.75) is 0 Å². The summed E-state index contributed by atoms with van der Waals surface area (Å²) in [5.41, 5.74) is 6.66. The van der Waals surface area contributed by atoms with Gasteiger partial charge in [-0.15, -0.1) is 0 Å². The quantitative estimate of drug-likeness (QED) is 0.227. The molecule has 0 aliphatic rings. The molecule has 0 saturated heterocycles. The van der Waals surface area contributed by atoms with Gasteiger partial charge in [-0.3, -0.25) is 14.9 Å². The van der Waals surface area contributed by atoms with Crippen LogP contribution in [0.3, 0.4) is 0 Å². The van der Waals surface area contributed by atoms with Gasteiger partial charge in [0.05, 0.1) is 35.2 Å². The largest absolute Gasteiger partial charge is 0.409 e. The lowest BCUT2D eigenvalue weighted by Gasteiger charge is -2.03. The Morgan fingerprint density at radius 2 is 2.24 bits per heavy atom. The molecule has 21 heavy (non-hydrogen) atoms. The van der Waals surface area contributed by atoms with Crippen LogP contribution in [-0.4, -0.2) is 41.7 Å². The van der Waals surface area contributed by atoms with E-state index in [1.54, 1.807) is 12.4 Å². The number of amidine groups is 1. The molecule has 1 amide bonds. The highest BCUT2D eigenvalue weighted by Gasteiger charge is 2.17. The van der Waals surface area contributed by atoms with Crippen LogP contribution in [-0.2, 0) is 0 Å². The highest BCUT2D eigenvalue weighted by molar-refractivity contribution is 6.11. The van der Waals surface area contributed by atoms with Gasteiger partial charge >= 0.3 is 0 Å². The summed E-state index contributed by atoms with van der Waals surface area (Å²) in [5.74, 6) is -0.367. The van der Waals surface area contributed by atoms with Crippen molar-refractivity contribution >= 4 is 23.1 Å². The van der Waals surface area contributed by atoms with E-state index >= 15 is 0 Å². The minimum Gasteiger partial charge on any atom is -0.409 e. The Hall–Kier alpha value is -3.43. The SMILES string of the molecule is N/C(=N/O)c1cn[nH]c1NC(=O)c1cnn2ccncc12. The topological polar surface area (TPSA) is 147 Å². The number of amides is 1. The van der Waals surface area contributed by atoms with Crippen molar-refractivity contribution in [3.63, 3.8) is 0 Å². The summed E-state index contributed by atoms with van der Waals surface area (Å²) in [7, 11) is 0. The van der Waals surface area contributed by atoms with E-state index in [9.17, 15) is 4.79 Å². The molecule has 106 valence electrons. The summed E-state index contributed by atoms with van der Waals surface area (Å²) in [5, 5.41) is 24.5. The van der Waals surface area contributed by atoms with E-state index in [1.165, 1.54) is 23.1 Å². The van der Waals surface area contributed by atoms with Gasteiger partial charge in [0.25, 0.3) is 5.91 Å². The number of carbonyl (C=O) groups is 1. The summed E-state index contributed by atoms with van der Waals surface area (Å²) in [4.78, 5) is 16.2. The lowest BCUT2D eigenvalue weighted by Crippen LogP contribution is -2.18. The van der Waals surface area contributed by atoms with Crippen molar-refractivity contribution in [3.05, 3.63) is 42.1 Å². The van der Waals surface area contributed by atoms with E-state index in [1.807, 2.05) is 0 Å². The molecule has 0 aliphatic carbocycles. The second-order valence-electron chi connectivity index (χ2n) is 4.06. The van der Waals surface area contributed by atoms with Crippen LogP contribution in [0.15, 0.2) is 36.1 Å². The number of anilines is 1. The summed E-state index contributed by atoms with van der Waals surface area (Å²) in [6.45, 7) is 0. The number of oxime groups is 1. The molecule has 10 heteroatoms. The van der Waals surface area contributed by atoms with Gasteiger partial charge in [0, 0.05) is 12.4 Å². The maximum atomic E-state index is 12.3. The maximum absolute atomic E-state index is 12.3. The zero-order valence-electron chi connectivity index (χ0n) is 10.6. The van der Waals surface area contributed by atoms with Crippen molar-refractivity contribution in [2.24, 2.45) is 10.9 Å². The lowest BCUT2D eigenvalue weighted by molar-refractivity contribution is 0.102. The molecular formula is C11H10N8O2. The van der Waals surface area contributed by atoms with Gasteiger partial charge < -0.3 is 16.3 Å². The number of aromatic amines is 1. The summed E-state index contributed by atoms with van der Waals surface area (Å²) >= 11 is 0. The van der Waals surface area contributed by atoms with E-state index in [4.69, 9.17) is 10.9 Å². The molecule has 0 radical (unpaired) electrons. The molecule has 0 atom stereocenters. The molecule has 3 aromatic rings. The van der Waals surface area contributed by atoms with E-state index in [2.05, 4.69) is 30.8 Å². The van der Waals surface area contributed by atoms with E-state index in [0.29, 0.717) is 11.1 Å². The van der Waals surface area contributed by atoms with Gasteiger partial charge in [-0.2, -0.15) is 10.2 Å². The fourth-order valence-electron chi connectivity index (χ4n) is 1.82. The predicted octanol–water partition coefficient (Wildman–Crippen LogP) is -0.201. The van der Waals surface area contributed by atoms with Crippen LogP contribution >= 0.6 is 0 Å². The molecule has 3 heterocycles. The van der Waals surface area contributed by atoms with Crippen molar-refractivity contribution in [1.82, 2.24) is 24.8 Å². The number of fused-ring (bicyclic) bond motifs is 1. The minimum absolute atomic E-state index is 0.166. The lowest BCUT2D eigenvalue weighted by atomic mass is 10.2. The molecule has 0 bridgehead atoms. The van der Waals surface area contributed by atoms with Gasteiger partial charge in [0.2, 0.25) is 0 Å². The number of nitrogens with zero attached hydrogens (tertiary/aromatic N) is 5. The first kappa shape index (κ1) is 12.6. The summed E-state index contributed by atoms with van der Waals surface area (Å²) in [6, 6.07) is 0.